The molecule has 1 aliphatic heterocycles. The Hall–Kier alpha value is -1.06. The third kappa shape index (κ3) is 4.00. The predicted molar refractivity (Wildman–Crippen MR) is 78.1 cm³/mol. The van der Waals surface area contributed by atoms with Crippen molar-refractivity contribution < 1.29 is 0 Å². The van der Waals surface area contributed by atoms with Gasteiger partial charge in [0.15, 0.2) is 0 Å². The lowest BCUT2D eigenvalue weighted by atomic mass is 10.00. The molecule has 2 rings (SSSR count). The van der Waals surface area contributed by atoms with Gasteiger partial charge in [0, 0.05) is 26.3 Å². The van der Waals surface area contributed by atoms with Crippen LogP contribution in [0.15, 0.2) is 24.3 Å². The normalized spacial score (nSPS) is 19.8. The van der Waals surface area contributed by atoms with Gasteiger partial charge in [-0.1, -0.05) is 12.1 Å². The van der Waals surface area contributed by atoms with Crippen LogP contribution in [0.2, 0.25) is 0 Å². The Kier molecular flexibility index (Phi) is 5.02. The van der Waals surface area contributed by atoms with Crippen molar-refractivity contribution in [2.75, 3.05) is 38.6 Å². The van der Waals surface area contributed by atoms with Crippen molar-refractivity contribution in [3.63, 3.8) is 0 Å². The molecule has 3 nitrogen and oxygen atoms in total. The predicted octanol–water partition coefficient (Wildman–Crippen LogP) is 1.84. The van der Waals surface area contributed by atoms with Crippen molar-refractivity contribution in [2.24, 2.45) is 5.92 Å². The Balaban J connectivity index is 1.72. The van der Waals surface area contributed by atoms with Crippen molar-refractivity contribution in [2.45, 2.75) is 19.4 Å². The Morgan fingerprint density at radius 2 is 2.06 bits per heavy atom. The van der Waals surface area contributed by atoms with Gasteiger partial charge >= 0.3 is 0 Å². The van der Waals surface area contributed by atoms with Crippen molar-refractivity contribution in [3.05, 3.63) is 29.8 Å². The molecule has 0 aliphatic carbocycles. The van der Waals surface area contributed by atoms with Gasteiger partial charge in [0.2, 0.25) is 0 Å². The highest BCUT2D eigenvalue weighted by molar-refractivity contribution is 5.45. The van der Waals surface area contributed by atoms with E-state index in [2.05, 4.69) is 53.9 Å². The fourth-order valence-electron chi connectivity index (χ4n) is 2.43. The Morgan fingerprint density at radius 1 is 1.28 bits per heavy atom. The number of hydrogen-bond acceptors (Lipinski definition) is 3. The van der Waals surface area contributed by atoms with Crippen LogP contribution in [0.3, 0.4) is 0 Å². The molecule has 1 atom stereocenters. The molecular formula is C15H25N3. The molecule has 1 saturated heterocycles. The fourth-order valence-corrected chi connectivity index (χ4v) is 2.43. The van der Waals surface area contributed by atoms with Crippen LogP contribution in [0, 0.1) is 5.92 Å². The molecule has 0 bridgehead atoms. The Morgan fingerprint density at radius 3 is 2.67 bits per heavy atom. The van der Waals surface area contributed by atoms with Gasteiger partial charge in [-0.15, -0.1) is 0 Å². The highest BCUT2D eigenvalue weighted by Crippen LogP contribution is 2.12. The molecule has 18 heavy (non-hydrogen) atoms. The topological polar surface area (TPSA) is 27.3 Å². The molecule has 1 heterocycles. The third-order valence-corrected chi connectivity index (χ3v) is 3.61. The summed E-state index contributed by atoms with van der Waals surface area (Å²) in [7, 11) is 4.15. The molecule has 1 aromatic rings. The molecule has 0 spiro atoms. The maximum Gasteiger partial charge on any atom is 0.0361 e. The standard InChI is InChI=1S/C15H25N3/c1-18(2)15-7-5-13(6-8-15)10-17-12-14-4-3-9-16-11-14/h5-8,14,16-17H,3-4,9-12H2,1-2H3. The lowest BCUT2D eigenvalue weighted by Gasteiger charge is -2.23. The second-order valence-electron chi connectivity index (χ2n) is 5.40. The molecule has 0 saturated carbocycles. The first-order chi connectivity index (χ1) is 8.75. The number of benzene rings is 1. The number of nitrogens with one attached hydrogen (secondary N) is 2. The second-order valence-corrected chi connectivity index (χ2v) is 5.40. The SMILES string of the molecule is CN(C)c1ccc(CNCC2CCCNC2)cc1. The van der Waals surface area contributed by atoms with E-state index >= 15 is 0 Å². The number of nitrogens with zero attached hydrogens (tertiary/aromatic N) is 1. The summed E-state index contributed by atoms with van der Waals surface area (Å²) in [6, 6.07) is 8.78. The highest BCUT2D eigenvalue weighted by Gasteiger charge is 2.11. The first kappa shape index (κ1) is 13.4. The maximum absolute atomic E-state index is 3.57. The number of hydrogen-bond donors (Lipinski definition) is 2. The summed E-state index contributed by atoms with van der Waals surface area (Å²) in [6.45, 7) is 4.47. The summed E-state index contributed by atoms with van der Waals surface area (Å²) >= 11 is 0. The van der Waals surface area contributed by atoms with E-state index in [9.17, 15) is 0 Å². The van der Waals surface area contributed by atoms with Crippen LogP contribution in [0.5, 0.6) is 0 Å². The van der Waals surface area contributed by atoms with Crippen molar-refractivity contribution >= 4 is 5.69 Å². The van der Waals surface area contributed by atoms with E-state index in [-0.39, 0.29) is 0 Å². The van der Waals surface area contributed by atoms with Gasteiger partial charge in [0.1, 0.15) is 0 Å². The average molecular weight is 247 g/mol. The smallest absolute Gasteiger partial charge is 0.0361 e. The molecule has 1 fully saturated rings. The van der Waals surface area contributed by atoms with E-state index in [0.29, 0.717) is 0 Å². The molecule has 0 radical (unpaired) electrons. The van der Waals surface area contributed by atoms with Gasteiger partial charge in [-0.2, -0.15) is 0 Å². The van der Waals surface area contributed by atoms with Gasteiger partial charge in [0.05, 0.1) is 0 Å². The van der Waals surface area contributed by atoms with Gasteiger partial charge in [-0.25, -0.2) is 0 Å². The summed E-state index contributed by atoms with van der Waals surface area (Å²) in [5.74, 6) is 0.805. The zero-order valence-electron chi connectivity index (χ0n) is 11.6. The fraction of sp³-hybridized carbons (Fsp3) is 0.600. The lowest BCUT2D eigenvalue weighted by molar-refractivity contribution is 0.360. The molecule has 0 aromatic heterocycles. The average Bonchev–Trinajstić information content (AvgIpc) is 2.40. The van der Waals surface area contributed by atoms with Crippen molar-refractivity contribution in [3.8, 4) is 0 Å². The quantitative estimate of drug-likeness (QED) is 0.831. The van der Waals surface area contributed by atoms with Crippen LogP contribution in [-0.4, -0.2) is 33.7 Å². The van der Waals surface area contributed by atoms with Gasteiger partial charge in [-0.3, -0.25) is 0 Å². The molecule has 1 aliphatic rings. The first-order valence-corrected chi connectivity index (χ1v) is 6.93. The molecular weight excluding hydrogens is 222 g/mol. The molecule has 2 N–H and O–H groups in total. The number of piperidine rings is 1. The number of rotatable bonds is 5. The Labute approximate surface area is 111 Å². The summed E-state index contributed by atoms with van der Waals surface area (Å²) in [4.78, 5) is 2.13. The summed E-state index contributed by atoms with van der Waals surface area (Å²) < 4.78 is 0. The zero-order chi connectivity index (χ0) is 12.8. The molecule has 3 heteroatoms. The first-order valence-electron chi connectivity index (χ1n) is 6.93. The van der Waals surface area contributed by atoms with E-state index in [1.807, 2.05) is 0 Å². The minimum Gasteiger partial charge on any atom is -0.378 e. The van der Waals surface area contributed by atoms with Crippen molar-refractivity contribution in [1.29, 1.82) is 0 Å². The molecule has 0 amide bonds. The van der Waals surface area contributed by atoms with Gasteiger partial charge in [0.25, 0.3) is 0 Å². The van der Waals surface area contributed by atoms with E-state index in [1.54, 1.807) is 0 Å². The van der Waals surface area contributed by atoms with Crippen LogP contribution in [0.1, 0.15) is 18.4 Å². The van der Waals surface area contributed by atoms with E-state index in [1.165, 1.54) is 37.2 Å². The summed E-state index contributed by atoms with van der Waals surface area (Å²) in [5.41, 5.74) is 2.62. The summed E-state index contributed by atoms with van der Waals surface area (Å²) in [5, 5.41) is 7.02. The molecule has 1 unspecified atom stereocenters. The summed E-state index contributed by atoms with van der Waals surface area (Å²) in [6.07, 6.45) is 2.68. The van der Waals surface area contributed by atoms with Gasteiger partial charge < -0.3 is 15.5 Å². The Bertz CT molecular complexity index is 339. The maximum atomic E-state index is 3.57. The van der Waals surface area contributed by atoms with Crippen LogP contribution in [0.25, 0.3) is 0 Å². The van der Waals surface area contributed by atoms with E-state index in [0.717, 1.165) is 19.0 Å². The van der Waals surface area contributed by atoms with Crippen LogP contribution in [0.4, 0.5) is 5.69 Å². The lowest BCUT2D eigenvalue weighted by Crippen LogP contribution is -2.35. The third-order valence-electron chi connectivity index (χ3n) is 3.61. The second kappa shape index (κ2) is 6.76. The van der Waals surface area contributed by atoms with Crippen LogP contribution >= 0.6 is 0 Å². The van der Waals surface area contributed by atoms with Crippen LogP contribution < -0.4 is 15.5 Å². The van der Waals surface area contributed by atoms with E-state index in [4.69, 9.17) is 0 Å². The highest BCUT2D eigenvalue weighted by atomic mass is 15.1. The minimum atomic E-state index is 0.805. The monoisotopic (exact) mass is 247 g/mol. The zero-order valence-corrected chi connectivity index (χ0v) is 11.6. The number of anilines is 1. The molecule has 100 valence electrons. The van der Waals surface area contributed by atoms with Gasteiger partial charge in [-0.05, 0) is 56.1 Å². The minimum absolute atomic E-state index is 0.805. The largest absolute Gasteiger partial charge is 0.378 e. The van der Waals surface area contributed by atoms with Crippen molar-refractivity contribution in [1.82, 2.24) is 10.6 Å². The van der Waals surface area contributed by atoms with E-state index < -0.39 is 0 Å². The molecule has 1 aromatic carbocycles. The van der Waals surface area contributed by atoms with Crippen LogP contribution in [-0.2, 0) is 6.54 Å².